The molecule has 3 aromatic carbocycles. The van der Waals surface area contributed by atoms with Gasteiger partial charge in [0.2, 0.25) is 0 Å². The number of nitrogens with zero attached hydrogens (tertiary/aromatic N) is 2. The molecule has 1 N–H and O–H groups in total. The molecule has 12 nitrogen and oxygen atoms in total. The molecule has 1 aliphatic rings. The van der Waals surface area contributed by atoms with E-state index in [4.69, 9.17) is 30.5 Å². The molecule has 0 atom stereocenters. The first-order valence-corrected chi connectivity index (χ1v) is 13.4. The number of amides is 4. The van der Waals surface area contributed by atoms with Crippen molar-refractivity contribution in [1.82, 2.24) is 10.2 Å². The lowest BCUT2D eigenvalue weighted by atomic mass is 10.1. The van der Waals surface area contributed by atoms with Gasteiger partial charge in [-0.1, -0.05) is 24.6 Å². The smallest absolute Gasteiger partial charge is 0.331 e. The summed E-state index contributed by atoms with van der Waals surface area (Å²) in [5.41, 5.74) is 1.25. The number of imide groups is 2. The normalized spacial score (nSPS) is 14.0. The van der Waals surface area contributed by atoms with Gasteiger partial charge in [0.1, 0.15) is 12.2 Å². The van der Waals surface area contributed by atoms with E-state index in [0.29, 0.717) is 34.8 Å². The molecular weight excluding hydrogens is 582 g/mol. The van der Waals surface area contributed by atoms with Crippen LogP contribution in [0.25, 0.3) is 6.08 Å². The van der Waals surface area contributed by atoms with E-state index in [9.17, 15) is 24.5 Å². The summed E-state index contributed by atoms with van der Waals surface area (Å²) in [6.07, 6.45) is 2.11. The molecule has 0 unspecified atom stereocenters. The van der Waals surface area contributed by atoms with Crippen molar-refractivity contribution in [3.05, 3.63) is 92.0 Å². The minimum absolute atomic E-state index is 0.0446. The van der Waals surface area contributed by atoms with Crippen molar-refractivity contribution in [3.8, 4) is 23.0 Å². The highest BCUT2D eigenvalue weighted by Crippen LogP contribution is 2.38. The first-order valence-electron chi connectivity index (χ1n) is 13.1. The maximum atomic E-state index is 13.3. The van der Waals surface area contributed by atoms with Crippen LogP contribution in [0.1, 0.15) is 30.0 Å². The third-order valence-electron chi connectivity index (χ3n) is 6.31. The summed E-state index contributed by atoms with van der Waals surface area (Å²) in [5, 5.41) is 13.2. The summed E-state index contributed by atoms with van der Waals surface area (Å²) < 4.78 is 22.3. The molecular formula is C30H28ClN3O9. The predicted octanol–water partition coefficient (Wildman–Crippen LogP) is 5.30. The molecule has 1 fully saturated rings. The van der Waals surface area contributed by atoms with Gasteiger partial charge in [-0.25, -0.2) is 4.79 Å². The van der Waals surface area contributed by atoms with Gasteiger partial charge in [0.05, 0.1) is 37.3 Å². The number of ether oxygens (including phenoxy) is 4. The summed E-state index contributed by atoms with van der Waals surface area (Å²) in [7, 11) is 2.88. The third kappa shape index (κ3) is 7.22. The zero-order chi connectivity index (χ0) is 31.1. The maximum absolute atomic E-state index is 13.3. The Morgan fingerprint density at radius 3 is 2.28 bits per heavy atom. The predicted molar refractivity (Wildman–Crippen MR) is 156 cm³/mol. The molecule has 1 heterocycles. The quantitative estimate of drug-likeness (QED) is 0.125. The van der Waals surface area contributed by atoms with E-state index in [2.05, 4.69) is 5.32 Å². The number of urea groups is 1. The monoisotopic (exact) mass is 609 g/mol. The van der Waals surface area contributed by atoms with E-state index in [-0.39, 0.29) is 40.9 Å². The van der Waals surface area contributed by atoms with Crippen LogP contribution in [0.3, 0.4) is 0 Å². The molecule has 1 aliphatic heterocycles. The third-order valence-corrected chi connectivity index (χ3v) is 6.59. The number of nitro benzene ring substituents is 1. The minimum Gasteiger partial charge on any atom is -0.493 e. The van der Waals surface area contributed by atoms with Gasteiger partial charge in [0.25, 0.3) is 17.5 Å². The number of rotatable bonds is 12. The number of hydrogen-bond acceptors (Lipinski definition) is 9. The van der Waals surface area contributed by atoms with Crippen molar-refractivity contribution >= 4 is 41.2 Å². The zero-order valence-electron chi connectivity index (χ0n) is 23.5. The van der Waals surface area contributed by atoms with Crippen LogP contribution < -0.4 is 24.3 Å². The molecule has 13 heteroatoms. The first kappa shape index (κ1) is 30.8. The second-order valence-electron chi connectivity index (χ2n) is 9.29. The highest BCUT2D eigenvalue weighted by molar-refractivity contribution is 6.33. The number of carbonyl (C=O) groups excluding carboxylic acids is 3. The topological polar surface area (TPSA) is 147 Å². The highest BCUT2D eigenvalue weighted by atomic mass is 35.5. The van der Waals surface area contributed by atoms with Crippen molar-refractivity contribution in [2.75, 3.05) is 20.8 Å². The molecule has 0 spiro atoms. The van der Waals surface area contributed by atoms with Gasteiger partial charge in [-0.05, 0) is 65.6 Å². The van der Waals surface area contributed by atoms with Gasteiger partial charge < -0.3 is 18.9 Å². The van der Waals surface area contributed by atoms with Gasteiger partial charge in [0, 0.05) is 12.1 Å². The Bertz CT molecular complexity index is 1590. The molecule has 0 radical (unpaired) electrons. The van der Waals surface area contributed by atoms with Crippen molar-refractivity contribution < 1.29 is 38.3 Å². The average molecular weight is 610 g/mol. The Kier molecular flexibility index (Phi) is 9.83. The fourth-order valence-electron chi connectivity index (χ4n) is 4.16. The lowest BCUT2D eigenvalue weighted by Gasteiger charge is -2.26. The summed E-state index contributed by atoms with van der Waals surface area (Å²) in [6, 6.07) is 13.0. The Morgan fingerprint density at radius 2 is 1.63 bits per heavy atom. The van der Waals surface area contributed by atoms with Crippen molar-refractivity contribution in [3.63, 3.8) is 0 Å². The number of carbonyl (C=O) groups is 3. The Balaban J connectivity index is 1.55. The van der Waals surface area contributed by atoms with Crippen molar-refractivity contribution in [2.24, 2.45) is 0 Å². The molecule has 0 aliphatic carbocycles. The zero-order valence-corrected chi connectivity index (χ0v) is 24.3. The maximum Gasteiger partial charge on any atom is 0.331 e. The first-order chi connectivity index (χ1) is 20.6. The Labute approximate surface area is 251 Å². The van der Waals surface area contributed by atoms with Crippen LogP contribution in [-0.2, 0) is 22.7 Å². The highest BCUT2D eigenvalue weighted by Gasteiger charge is 2.36. The summed E-state index contributed by atoms with van der Waals surface area (Å²) in [4.78, 5) is 49.9. The summed E-state index contributed by atoms with van der Waals surface area (Å²) in [6.45, 7) is 2.40. The number of halogens is 1. The minimum atomic E-state index is -0.860. The van der Waals surface area contributed by atoms with Crippen molar-refractivity contribution in [2.45, 2.75) is 26.5 Å². The molecule has 224 valence electrons. The van der Waals surface area contributed by atoms with E-state index >= 15 is 0 Å². The van der Waals surface area contributed by atoms with Gasteiger partial charge in [-0.3, -0.25) is 29.9 Å². The molecule has 4 rings (SSSR count). The standard InChI is InChI=1S/C30H28ClN3O9/c1-4-11-42-24-10-7-19(14-25(24)40-2)16-33-29(36)22(28(35)32-30(33)37)12-20-13-23(31)27(26(15-20)41-3)43-17-18-5-8-21(9-6-18)34(38)39/h5-10,12-15H,4,11,16-17H2,1-3H3,(H,32,35,37)/b22-12+. The molecule has 4 amide bonds. The van der Waals surface area contributed by atoms with Crippen LogP contribution in [0.5, 0.6) is 23.0 Å². The van der Waals surface area contributed by atoms with Crippen molar-refractivity contribution in [1.29, 1.82) is 0 Å². The number of benzene rings is 3. The van der Waals surface area contributed by atoms with Crippen LogP contribution in [-0.4, -0.2) is 48.5 Å². The second kappa shape index (κ2) is 13.7. The lowest BCUT2D eigenvalue weighted by molar-refractivity contribution is -0.384. The average Bonchev–Trinajstić information content (AvgIpc) is 2.99. The van der Waals surface area contributed by atoms with E-state index in [0.717, 1.165) is 11.3 Å². The molecule has 0 saturated carbocycles. The Hall–Kier alpha value is -5.10. The molecule has 0 bridgehead atoms. The van der Waals surface area contributed by atoms with E-state index in [1.165, 1.54) is 44.6 Å². The molecule has 3 aromatic rings. The van der Waals surface area contributed by atoms with Crippen LogP contribution in [0.4, 0.5) is 10.5 Å². The second-order valence-corrected chi connectivity index (χ2v) is 9.70. The van der Waals surface area contributed by atoms with Crippen LogP contribution in [0.2, 0.25) is 5.02 Å². The lowest BCUT2D eigenvalue weighted by Crippen LogP contribution is -2.53. The number of nitro groups is 1. The van der Waals surface area contributed by atoms with Gasteiger partial charge in [-0.15, -0.1) is 0 Å². The number of non-ortho nitro benzene ring substituents is 1. The SMILES string of the molecule is CCCOc1ccc(CN2C(=O)NC(=O)/C(=C\c3cc(Cl)c(OCc4ccc([N+](=O)[O-])cc4)c(OC)c3)C2=O)cc1OC. The fourth-order valence-corrected chi connectivity index (χ4v) is 4.43. The van der Waals surface area contributed by atoms with Gasteiger partial charge in [0.15, 0.2) is 23.0 Å². The van der Waals surface area contributed by atoms with E-state index < -0.39 is 22.8 Å². The largest absolute Gasteiger partial charge is 0.493 e. The van der Waals surface area contributed by atoms with Gasteiger partial charge in [-0.2, -0.15) is 0 Å². The number of barbiturate groups is 1. The van der Waals surface area contributed by atoms with E-state index in [1.807, 2.05) is 6.92 Å². The summed E-state index contributed by atoms with van der Waals surface area (Å²) in [5.74, 6) is -0.269. The van der Waals surface area contributed by atoms with Crippen LogP contribution in [0.15, 0.2) is 60.2 Å². The number of nitrogens with one attached hydrogen (secondary N) is 1. The Morgan fingerprint density at radius 1 is 0.930 bits per heavy atom. The summed E-state index contributed by atoms with van der Waals surface area (Å²) >= 11 is 6.47. The fraction of sp³-hybridized carbons (Fsp3) is 0.233. The van der Waals surface area contributed by atoms with Gasteiger partial charge >= 0.3 is 6.03 Å². The van der Waals surface area contributed by atoms with Crippen LogP contribution >= 0.6 is 11.6 Å². The number of methoxy groups -OCH3 is 2. The van der Waals surface area contributed by atoms with Crippen LogP contribution in [0, 0.1) is 10.1 Å². The molecule has 43 heavy (non-hydrogen) atoms. The molecule has 1 saturated heterocycles. The van der Waals surface area contributed by atoms with E-state index in [1.54, 1.807) is 30.3 Å². The number of hydrogen-bond donors (Lipinski definition) is 1. The molecule has 0 aromatic heterocycles.